The first-order chi connectivity index (χ1) is 22.7. The Hall–Kier alpha value is -5.60. The molecular formula is C31H14F12N2O4. The van der Waals surface area contributed by atoms with Crippen LogP contribution in [0, 0.1) is 0 Å². The fourth-order valence-corrected chi connectivity index (χ4v) is 4.68. The van der Waals surface area contributed by atoms with Crippen LogP contribution in [-0.4, -0.2) is 24.5 Å². The number of nitrogens with zero attached hydrogens (tertiary/aromatic N) is 2. The van der Waals surface area contributed by atoms with E-state index in [0.29, 0.717) is 60.7 Å². The summed E-state index contributed by atoms with van der Waals surface area (Å²) in [6.07, 6.45) is -20.3. The molecule has 0 unspecified atom stereocenters. The largest absolute Gasteiger partial charge is 0.457 e. The Morgan fingerprint density at radius 3 is 1.06 bits per heavy atom. The summed E-state index contributed by atoms with van der Waals surface area (Å²) in [5, 5.41) is 0. The molecule has 0 aromatic heterocycles. The van der Waals surface area contributed by atoms with E-state index in [9.17, 15) is 62.3 Å². The topological polar surface area (TPSA) is 77.3 Å². The fraction of sp³-hybridized carbons (Fsp3) is 0.161. The Balaban J connectivity index is 1.75. The Bertz CT molecular complexity index is 1780. The minimum Gasteiger partial charge on any atom is -0.457 e. The molecule has 49 heavy (non-hydrogen) atoms. The van der Waals surface area contributed by atoms with Gasteiger partial charge in [-0.1, -0.05) is 24.3 Å². The van der Waals surface area contributed by atoms with Crippen LogP contribution in [0.3, 0.4) is 0 Å². The van der Waals surface area contributed by atoms with E-state index in [2.05, 4.69) is 9.98 Å². The van der Waals surface area contributed by atoms with E-state index < -0.39 is 86.7 Å². The van der Waals surface area contributed by atoms with Gasteiger partial charge in [-0.25, -0.2) is 9.59 Å². The molecule has 256 valence electrons. The second-order valence-electron chi connectivity index (χ2n) is 9.76. The zero-order valence-corrected chi connectivity index (χ0v) is 23.6. The van der Waals surface area contributed by atoms with Crippen LogP contribution in [0.4, 0.5) is 64.1 Å². The minimum absolute atomic E-state index is 0.331. The second-order valence-corrected chi connectivity index (χ2v) is 9.76. The average molecular weight is 706 g/mol. The highest BCUT2D eigenvalue weighted by atomic mass is 19.4. The summed E-state index contributed by atoms with van der Waals surface area (Å²) in [6, 6.07) is 7.65. The van der Waals surface area contributed by atoms with Gasteiger partial charge in [0.05, 0.1) is 11.4 Å². The standard InChI is InChI=1S/C31H14F12N2O4/c32-28(33,34)23-13-19(44-15-46)5-11-25(23)48-21-7-1-17(2-8-21)27(30(38,39)40,31(41,42)43)18-3-9-22(10-4-18)49-26-12-6-20(45-16-47)14-24(26)29(35,36)37/h1-14H. The molecule has 0 heterocycles. The van der Waals surface area contributed by atoms with E-state index in [-0.39, 0.29) is 0 Å². The Morgan fingerprint density at radius 2 is 0.796 bits per heavy atom. The van der Waals surface area contributed by atoms with Crippen molar-refractivity contribution < 1.29 is 71.7 Å². The van der Waals surface area contributed by atoms with E-state index in [4.69, 9.17) is 9.47 Å². The zero-order valence-electron chi connectivity index (χ0n) is 23.6. The van der Waals surface area contributed by atoms with Crippen LogP contribution < -0.4 is 9.47 Å². The molecule has 4 aromatic carbocycles. The van der Waals surface area contributed by atoms with Crippen molar-refractivity contribution in [2.45, 2.75) is 30.1 Å². The maximum Gasteiger partial charge on any atom is 0.420 e. The van der Waals surface area contributed by atoms with E-state index in [1.165, 1.54) is 0 Å². The predicted molar refractivity (Wildman–Crippen MR) is 144 cm³/mol. The van der Waals surface area contributed by atoms with Crippen LogP contribution in [0.2, 0.25) is 0 Å². The quantitative estimate of drug-likeness (QED) is 0.104. The van der Waals surface area contributed by atoms with Gasteiger partial charge in [0.1, 0.15) is 34.1 Å². The monoisotopic (exact) mass is 706 g/mol. The number of ether oxygens (including phenoxy) is 2. The summed E-state index contributed by atoms with van der Waals surface area (Å²) in [5.74, 6) is -3.04. The Kier molecular flexibility index (Phi) is 9.71. The molecule has 0 radical (unpaired) electrons. The number of isocyanates is 2. The molecule has 6 nitrogen and oxygen atoms in total. The maximum atomic E-state index is 14.6. The maximum absolute atomic E-state index is 14.6. The minimum atomic E-state index is -6.10. The molecule has 18 heteroatoms. The smallest absolute Gasteiger partial charge is 0.420 e. The summed E-state index contributed by atoms with van der Waals surface area (Å²) < 4.78 is 179. The van der Waals surface area contributed by atoms with Gasteiger partial charge in [-0.15, -0.1) is 0 Å². The third-order valence-electron chi connectivity index (χ3n) is 6.77. The molecular weight excluding hydrogens is 692 g/mol. The third-order valence-corrected chi connectivity index (χ3v) is 6.77. The van der Waals surface area contributed by atoms with Gasteiger partial charge < -0.3 is 9.47 Å². The molecule has 0 fully saturated rings. The van der Waals surface area contributed by atoms with Gasteiger partial charge in [-0.3, -0.25) is 0 Å². The molecule has 0 saturated carbocycles. The summed E-state index contributed by atoms with van der Waals surface area (Å²) in [6.45, 7) is 0. The number of aliphatic imine (C=N–C) groups is 2. The van der Waals surface area contributed by atoms with Crippen molar-refractivity contribution in [3.8, 4) is 23.0 Å². The molecule has 0 saturated heterocycles. The van der Waals surface area contributed by atoms with E-state index in [1.807, 2.05) is 0 Å². The van der Waals surface area contributed by atoms with Crippen LogP contribution in [-0.2, 0) is 27.4 Å². The summed E-state index contributed by atoms with van der Waals surface area (Å²) >= 11 is 0. The first-order valence-corrected chi connectivity index (χ1v) is 13.0. The highest BCUT2D eigenvalue weighted by molar-refractivity contribution is 5.56. The molecule has 4 rings (SSSR count). The van der Waals surface area contributed by atoms with Crippen molar-refractivity contribution in [2.75, 3.05) is 0 Å². The molecule has 4 aromatic rings. The van der Waals surface area contributed by atoms with Crippen molar-refractivity contribution in [1.82, 2.24) is 0 Å². The SMILES string of the molecule is O=C=Nc1ccc(Oc2ccc(C(c3ccc(Oc4ccc(N=C=O)cc4C(F)(F)F)cc3)(C(F)(F)F)C(F)(F)F)cc2)c(C(F)(F)F)c1. The second kappa shape index (κ2) is 13.1. The van der Waals surface area contributed by atoms with Gasteiger partial charge in [0.25, 0.3) is 0 Å². The van der Waals surface area contributed by atoms with Crippen molar-refractivity contribution in [2.24, 2.45) is 9.98 Å². The van der Waals surface area contributed by atoms with Gasteiger partial charge >= 0.3 is 24.7 Å². The average Bonchev–Trinajstić information content (AvgIpc) is 2.98. The van der Waals surface area contributed by atoms with Crippen LogP contribution in [0.1, 0.15) is 22.3 Å². The van der Waals surface area contributed by atoms with E-state index >= 15 is 0 Å². The van der Waals surface area contributed by atoms with Gasteiger partial charge in [-0.05, 0) is 71.8 Å². The molecule has 0 bridgehead atoms. The lowest BCUT2D eigenvalue weighted by molar-refractivity contribution is -0.288. The van der Waals surface area contributed by atoms with Crippen LogP contribution in [0.5, 0.6) is 23.0 Å². The van der Waals surface area contributed by atoms with Crippen LogP contribution in [0.25, 0.3) is 0 Å². The number of benzene rings is 4. The number of hydrogen-bond acceptors (Lipinski definition) is 6. The first-order valence-electron chi connectivity index (χ1n) is 13.0. The molecule has 0 atom stereocenters. The van der Waals surface area contributed by atoms with Gasteiger partial charge in [0.2, 0.25) is 17.6 Å². The normalized spacial score (nSPS) is 12.5. The first kappa shape index (κ1) is 36.2. The molecule has 0 aliphatic carbocycles. The van der Waals surface area contributed by atoms with Gasteiger partial charge in [0.15, 0.2) is 0 Å². The Morgan fingerprint density at radius 1 is 0.469 bits per heavy atom. The highest BCUT2D eigenvalue weighted by Gasteiger charge is 2.72. The molecule has 0 N–H and O–H groups in total. The molecule has 0 aliphatic heterocycles. The van der Waals surface area contributed by atoms with Crippen molar-refractivity contribution >= 4 is 23.5 Å². The predicted octanol–water partition coefficient (Wildman–Crippen LogP) is 10.7. The van der Waals surface area contributed by atoms with Crippen molar-refractivity contribution in [3.05, 3.63) is 107 Å². The van der Waals surface area contributed by atoms with Crippen molar-refractivity contribution in [3.63, 3.8) is 0 Å². The summed E-state index contributed by atoms with van der Waals surface area (Å²) in [5.41, 5.74) is -11.5. The van der Waals surface area contributed by atoms with Crippen LogP contribution in [0.15, 0.2) is 94.9 Å². The molecule has 0 aliphatic rings. The molecule has 0 spiro atoms. The summed E-state index contributed by atoms with van der Waals surface area (Å²) in [4.78, 5) is 26.9. The lowest BCUT2D eigenvalue weighted by Gasteiger charge is -2.38. The highest BCUT2D eigenvalue weighted by Crippen LogP contribution is 2.56. The zero-order chi connectivity index (χ0) is 36.4. The Labute approximate surface area is 265 Å². The van der Waals surface area contributed by atoms with Gasteiger partial charge in [-0.2, -0.15) is 62.7 Å². The number of halogens is 12. The lowest BCUT2D eigenvalue weighted by atomic mass is 9.73. The number of alkyl halides is 12. The van der Waals surface area contributed by atoms with E-state index in [0.717, 1.165) is 36.4 Å². The van der Waals surface area contributed by atoms with Crippen molar-refractivity contribution in [1.29, 1.82) is 0 Å². The van der Waals surface area contributed by atoms with Gasteiger partial charge in [0, 0.05) is 0 Å². The molecule has 0 amide bonds. The number of rotatable bonds is 8. The fourth-order valence-electron chi connectivity index (χ4n) is 4.68. The summed E-state index contributed by atoms with van der Waals surface area (Å²) in [7, 11) is 0. The number of hydrogen-bond donors (Lipinski definition) is 0. The third kappa shape index (κ3) is 7.45. The van der Waals surface area contributed by atoms with Crippen LogP contribution >= 0.6 is 0 Å². The number of carbonyl (C=O) groups excluding carboxylic acids is 2. The lowest BCUT2D eigenvalue weighted by Crippen LogP contribution is -2.54. The van der Waals surface area contributed by atoms with E-state index in [1.54, 1.807) is 0 Å².